The molecule has 0 aliphatic carbocycles. The molecule has 1 aromatic heterocycles. The number of H-pyrrole nitrogens is 1. The van der Waals surface area contributed by atoms with Gasteiger partial charge in [-0.1, -0.05) is 31.5 Å². The van der Waals surface area contributed by atoms with Gasteiger partial charge < -0.3 is 20.7 Å². The van der Waals surface area contributed by atoms with Crippen LogP contribution >= 0.6 is 0 Å². The SMILES string of the molecule is CCCCn1c(N)c(N(CC)CC(=O)NCc2ccccc2OC(F)(F)F)c(=O)[nH]c1=O. The van der Waals surface area contributed by atoms with Gasteiger partial charge in [0, 0.05) is 25.2 Å². The number of amides is 1. The fraction of sp³-hybridized carbons (Fsp3) is 0.450. The number of nitrogens with zero attached hydrogens (tertiary/aromatic N) is 2. The lowest BCUT2D eigenvalue weighted by Crippen LogP contribution is -2.42. The first-order chi connectivity index (χ1) is 15.1. The lowest BCUT2D eigenvalue weighted by atomic mass is 10.2. The maximum atomic E-state index is 12.6. The van der Waals surface area contributed by atoms with E-state index in [0.717, 1.165) is 12.5 Å². The number of alkyl halides is 3. The second-order valence-electron chi connectivity index (χ2n) is 6.94. The van der Waals surface area contributed by atoms with E-state index in [4.69, 9.17) is 5.73 Å². The molecule has 0 aliphatic rings. The Balaban J connectivity index is 2.17. The summed E-state index contributed by atoms with van der Waals surface area (Å²) < 4.78 is 42.9. The number of ether oxygens (including phenoxy) is 1. The second kappa shape index (κ2) is 10.7. The first-order valence-electron chi connectivity index (χ1n) is 10.0. The number of nitrogens with two attached hydrogens (primary N) is 1. The second-order valence-corrected chi connectivity index (χ2v) is 6.94. The van der Waals surface area contributed by atoms with Crippen molar-refractivity contribution < 1.29 is 22.7 Å². The van der Waals surface area contributed by atoms with E-state index in [9.17, 15) is 27.6 Å². The van der Waals surface area contributed by atoms with E-state index >= 15 is 0 Å². The minimum absolute atomic E-state index is 0.0147. The van der Waals surface area contributed by atoms with Crippen molar-refractivity contribution in [2.75, 3.05) is 23.7 Å². The van der Waals surface area contributed by atoms with Crippen LogP contribution in [-0.2, 0) is 17.9 Å². The number of carbonyl (C=O) groups excluding carboxylic acids is 1. The molecule has 1 amide bonds. The highest BCUT2D eigenvalue weighted by Crippen LogP contribution is 2.26. The number of hydrogen-bond donors (Lipinski definition) is 3. The van der Waals surface area contributed by atoms with E-state index in [0.29, 0.717) is 13.0 Å². The van der Waals surface area contributed by atoms with Gasteiger partial charge in [0.05, 0.1) is 6.54 Å². The standard InChI is InChI=1S/C20H26F3N5O4/c1-3-5-10-28-17(24)16(18(30)26-19(28)31)27(4-2)12-15(29)25-11-13-8-6-7-9-14(13)32-20(21,22)23/h6-9H,3-5,10-12,24H2,1-2H3,(H,25,29)(H,26,30,31). The van der Waals surface area contributed by atoms with Gasteiger partial charge in [-0.3, -0.25) is 19.1 Å². The quantitative estimate of drug-likeness (QED) is 0.501. The molecule has 9 nitrogen and oxygen atoms in total. The summed E-state index contributed by atoms with van der Waals surface area (Å²) in [5, 5.41) is 2.51. The molecule has 0 spiro atoms. The number of para-hydroxylation sites is 1. The molecular formula is C20H26F3N5O4. The van der Waals surface area contributed by atoms with E-state index in [1.165, 1.54) is 27.7 Å². The van der Waals surface area contributed by atoms with Crippen LogP contribution in [0, 0.1) is 0 Å². The van der Waals surface area contributed by atoms with Crippen LogP contribution in [0.1, 0.15) is 32.3 Å². The van der Waals surface area contributed by atoms with Crippen molar-refractivity contribution >= 4 is 17.4 Å². The monoisotopic (exact) mass is 457 g/mol. The first kappa shape index (κ1) is 24.8. The van der Waals surface area contributed by atoms with E-state index in [2.05, 4.69) is 15.0 Å². The van der Waals surface area contributed by atoms with Crippen molar-refractivity contribution in [3.8, 4) is 5.75 Å². The smallest absolute Gasteiger partial charge is 0.405 e. The number of rotatable bonds is 10. The number of carbonyl (C=O) groups is 1. The summed E-state index contributed by atoms with van der Waals surface area (Å²) in [7, 11) is 0. The zero-order valence-corrected chi connectivity index (χ0v) is 17.8. The van der Waals surface area contributed by atoms with Crippen molar-refractivity contribution in [3.63, 3.8) is 0 Å². The third-order valence-electron chi connectivity index (χ3n) is 4.66. The molecule has 0 aliphatic heterocycles. The molecule has 2 aromatic rings. The maximum Gasteiger partial charge on any atom is 0.573 e. The molecule has 0 bridgehead atoms. The number of likely N-dealkylation sites (N-methyl/N-ethyl adjacent to an activating group) is 1. The topological polar surface area (TPSA) is 122 Å². The molecule has 32 heavy (non-hydrogen) atoms. The van der Waals surface area contributed by atoms with Crippen molar-refractivity contribution in [1.82, 2.24) is 14.9 Å². The van der Waals surface area contributed by atoms with Gasteiger partial charge in [0.15, 0.2) is 0 Å². The van der Waals surface area contributed by atoms with Gasteiger partial charge in [-0.2, -0.15) is 0 Å². The molecule has 0 saturated carbocycles. The highest BCUT2D eigenvalue weighted by atomic mass is 19.4. The molecule has 4 N–H and O–H groups in total. The number of anilines is 2. The Morgan fingerprint density at radius 1 is 1.25 bits per heavy atom. The largest absolute Gasteiger partial charge is 0.573 e. The fourth-order valence-electron chi connectivity index (χ4n) is 3.07. The van der Waals surface area contributed by atoms with Gasteiger partial charge in [-0.15, -0.1) is 13.2 Å². The van der Waals surface area contributed by atoms with Crippen LogP contribution in [0.15, 0.2) is 33.9 Å². The summed E-state index contributed by atoms with van der Waals surface area (Å²) in [6.07, 6.45) is -3.39. The lowest BCUT2D eigenvalue weighted by Gasteiger charge is -2.24. The molecule has 176 valence electrons. The predicted molar refractivity (Wildman–Crippen MR) is 114 cm³/mol. The predicted octanol–water partition coefficient (Wildman–Crippen LogP) is 1.96. The third kappa shape index (κ3) is 6.53. The van der Waals surface area contributed by atoms with Crippen LogP contribution in [-0.4, -0.2) is 34.9 Å². The molecule has 2 rings (SSSR count). The van der Waals surface area contributed by atoms with E-state index < -0.39 is 29.3 Å². The molecule has 1 aromatic carbocycles. The zero-order valence-electron chi connectivity index (χ0n) is 17.8. The number of benzene rings is 1. The van der Waals surface area contributed by atoms with Crippen LogP contribution in [0.2, 0.25) is 0 Å². The van der Waals surface area contributed by atoms with Gasteiger partial charge in [-0.05, 0) is 19.4 Å². The highest BCUT2D eigenvalue weighted by molar-refractivity contribution is 5.82. The Morgan fingerprint density at radius 3 is 2.56 bits per heavy atom. The molecule has 0 fully saturated rings. The van der Waals surface area contributed by atoms with Crippen LogP contribution in [0.5, 0.6) is 5.75 Å². The zero-order chi connectivity index (χ0) is 23.9. The lowest BCUT2D eigenvalue weighted by molar-refractivity contribution is -0.274. The molecule has 1 heterocycles. The number of aromatic nitrogens is 2. The molecule has 12 heteroatoms. The summed E-state index contributed by atoms with van der Waals surface area (Å²) in [5.41, 5.74) is 4.83. The fourth-order valence-corrected chi connectivity index (χ4v) is 3.07. The molecule has 0 unspecified atom stereocenters. The maximum absolute atomic E-state index is 12.6. The summed E-state index contributed by atoms with van der Waals surface area (Å²) in [4.78, 5) is 40.5. The average Bonchev–Trinajstić information content (AvgIpc) is 2.71. The summed E-state index contributed by atoms with van der Waals surface area (Å²) in [5.74, 6) is -1.03. The molecule has 0 saturated heterocycles. The Morgan fingerprint density at radius 2 is 1.94 bits per heavy atom. The van der Waals surface area contributed by atoms with Crippen LogP contribution in [0.3, 0.4) is 0 Å². The van der Waals surface area contributed by atoms with Crippen molar-refractivity contribution in [2.45, 2.75) is 46.1 Å². The minimum Gasteiger partial charge on any atom is -0.405 e. The average molecular weight is 457 g/mol. The van der Waals surface area contributed by atoms with Crippen LogP contribution in [0.25, 0.3) is 0 Å². The third-order valence-corrected chi connectivity index (χ3v) is 4.66. The van der Waals surface area contributed by atoms with Crippen LogP contribution in [0.4, 0.5) is 24.7 Å². The number of unbranched alkanes of at least 4 members (excludes halogenated alkanes) is 1. The van der Waals surface area contributed by atoms with E-state index in [1.54, 1.807) is 6.92 Å². The first-order valence-corrected chi connectivity index (χ1v) is 10.0. The highest BCUT2D eigenvalue weighted by Gasteiger charge is 2.32. The minimum atomic E-state index is -4.86. The van der Waals surface area contributed by atoms with Crippen molar-refractivity contribution in [1.29, 1.82) is 0 Å². The van der Waals surface area contributed by atoms with Gasteiger partial charge in [0.2, 0.25) is 5.91 Å². The van der Waals surface area contributed by atoms with Gasteiger partial charge in [0.1, 0.15) is 17.3 Å². The Hall–Kier alpha value is -3.44. The van der Waals surface area contributed by atoms with Crippen molar-refractivity contribution in [3.05, 3.63) is 50.7 Å². The normalized spacial score (nSPS) is 11.3. The number of hydrogen-bond acceptors (Lipinski definition) is 6. The Bertz CT molecular complexity index is 1050. The summed E-state index contributed by atoms with van der Waals surface area (Å²) in [6.45, 7) is 3.65. The van der Waals surface area contributed by atoms with E-state index in [-0.39, 0.29) is 36.7 Å². The number of aromatic amines is 1. The van der Waals surface area contributed by atoms with Crippen LogP contribution < -0.4 is 31.9 Å². The summed E-state index contributed by atoms with van der Waals surface area (Å²) >= 11 is 0. The molecular weight excluding hydrogens is 431 g/mol. The van der Waals surface area contributed by atoms with Gasteiger partial charge >= 0.3 is 12.1 Å². The van der Waals surface area contributed by atoms with Gasteiger partial charge in [-0.25, -0.2) is 4.79 Å². The van der Waals surface area contributed by atoms with E-state index in [1.807, 2.05) is 6.92 Å². The Kier molecular flexibility index (Phi) is 8.33. The number of nitrogen functional groups attached to an aromatic ring is 1. The summed E-state index contributed by atoms with van der Waals surface area (Å²) in [6, 6.07) is 5.44. The molecule has 0 atom stereocenters. The number of halogens is 3. The van der Waals surface area contributed by atoms with Crippen molar-refractivity contribution in [2.24, 2.45) is 0 Å². The van der Waals surface area contributed by atoms with Gasteiger partial charge in [0.25, 0.3) is 5.56 Å². The molecule has 0 radical (unpaired) electrons. The Labute approximate surface area is 182 Å². The number of nitrogens with one attached hydrogen (secondary N) is 2.